The summed E-state index contributed by atoms with van der Waals surface area (Å²) in [5, 5.41) is 0. The zero-order chi connectivity index (χ0) is 24.3. The minimum absolute atomic E-state index is 0.147. The van der Waals surface area contributed by atoms with Gasteiger partial charge in [0.2, 0.25) is 0 Å². The summed E-state index contributed by atoms with van der Waals surface area (Å²) in [6.07, 6.45) is 0.779. The van der Waals surface area contributed by atoms with Gasteiger partial charge < -0.3 is 23.7 Å². The smallest absolute Gasteiger partial charge is 0.135 e. The topological polar surface area (TPSA) is 59.4 Å². The van der Waals surface area contributed by atoms with Crippen LogP contribution < -0.4 is 4.74 Å². The highest BCUT2D eigenvalue weighted by Gasteiger charge is 2.29. The normalized spacial score (nSPS) is 25.0. The van der Waals surface area contributed by atoms with Crippen LogP contribution in [0, 0.1) is 0 Å². The van der Waals surface area contributed by atoms with Crippen molar-refractivity contribution in [1.82, 2.24) is 0 Å². The maximum atomic E-state index is 6.81. The highest BCUT2D eigenvalue weighted by atomic mass is 16.6. The van der Waals surface area contributed by atoms with E-state index in [-0.39, 0.29) is 24.4 Å². The molecule has 37 heavy (non-hydrogen) atoms. The SMILES string of the molecule is c1cc(C2CO2)ccc1-c1ccc(C2CO2)cc1Oc1cc(C2CO2)ccc1-c1ccc(C2CO2)cc1. The van der Waals surface area contributed by atoms with Crippen LogP contribution >= 0.6 is 0 Å². The molecule has 8 rings (SSSR count). The first-order valence-electron chi connectivity index (χ1n) is 12.9. The first-order valence-corrected chi connectivity index (χ1v) is 12.9. The molecule has 184 valence electrons. The molecule has 4 atom stereocenters. The first kappa shape index (κ1) is 21.6. The standard InChI is InChI=1S/C32H26O5/c1-5-21(29-15-33-29)6-2-19(1)25-11-9-23(31-17-35-31)13-27(25)37-28-14-24(32-18-36-32)10-12-26(28)20-3-7-22(8-4-20)30-16-34-30/h1-14,29-32H,15-18H2. The minimum Gasteiger partial charge on any atom is -0.456 e. The number of ether oxygens (including phenoxy) is 5. The number of epoxide rings is 4. The lowest BCUT2D eigenvalue weighted by Crippen LogP contribution is -1.95. The lowest BCUT2D eigenvalue weighted by molar-refractivity contribution is 0.413. The fourth-order valence-electron chi connectivity index (χ4n) is 4.96. The van der Waals surface area contributed by atoms with E-state index < -0.39 is 0 Å². The highest BCUT2D eigenvalue weighted by molar-refractivity contribution is 5.75. The van der Waals surface area contributed by atoms with E-state index in [2.05, 4.69) is 84.9 Å². The highest BCUT2D eigenvalue weighted by Crippen LogP contribution is 2.44. The van der Waals surface area contributed by atoms with Crippen molar-refractivity contribution < 1.29 is 23.7 Å². The maximum Gasteiger partial charge on any atom is 0.135 e. The Morgan fingerprint density at radius 1 is 0.432 bits per heavy atom. The van der Waals surface area contributed by atoms with Crippen LogP contribution in [0.15, 0.2) is 84.9 Å². The second-order valence-corrected chi connectivity index (χ2v) is 10.1. The van der Waals surface area contributed by atoms with Gasteiger partial charge in [-0.2, -0.15) is 0 Å². The first-order chi connectivity index (χ1) is 18.3. The van der Waals surface area contributed by atoms with Crippen molar-refractivity contribution in [1.29, 1.82) is 0 Å². The van der Waals surface area contributed by atoms with E-state index in [9.17, 15) is 0 Å². The van der Waals surface area contributed by atoms with Crippen LogP contribution in [-0.4, -0.2) is 26.4 Å². The van der Waals surface area contributed by atoms with Crippen molar-refractivity contribution in [3.8, 4) is 33.8 Å². The van der Waals surface area contributed by atoms with Gasteiger partial charge in [-0.1, -0.05) is 72.8 Å². The fourth-order valence-corrected chi connectivity index (χ4v) is 4.96. The Labute approximate surface area is 215 Å². The van der Waals surface area contributed by atoms with E-state index >= 15 is 0 Å². The number of hydrogen-bond donors (Lipinski definition) is 0. The zero-order valence-corrected chi connectivity index (χ0v) is 20.3. The Morgan fingerprint density at radius 2 is 0.757 bits per heavy atom. The summed E-state index contributed by atoms with van der Waals surface area (Å²) in [6, 6.07) is 30.0. The minimum atomic E-state index is 0.147. The van der Waals surface area contributed by atoms with Gasteiger partial charge in [0.05, 0.1) is 26.4 Å². The molecule has 5 nitrogen and oxygen atoms in total. The average Bonchev–Trinajstić information content (AvgIpc) is 3.78. The van der Waals surface area contributed by atoms with Crippen LogP contribution in [-0.2, 0) is 18.9 Å². The molecule has 0 N–H and O–H groups in total. The molecule has 4 saturated heterocycles. The van der Waals surface area contributed by atoms with E-state index in [0.717, 1.165) is 71.3 Å². The van der Waals surface area contributed by atoms with E-state index in [0.29, 0.717) is 0 Å². The zero-order valence-electron chi connectivity index (χ0n) is 20.3. The van der Waals surface area contributed by atoms with E-state index in [4.69, 9.17) is 23.7 Å². The molecule has 0 aromatic heterocycles. The second-order valence-electron chi connectivity index (χ2n) is 10.1. The van der Waals surface area contributed by atoms with Gasteiger partial charge in [0.15, 0.2) is 0 Å². The van der Waals surface area contributed by atoms with Crippen LogP contribution in [0.2, 0.25) is 0 Å². The molecule has 4 aromatic carbocycles. The fraction of sp³-hybridized carbons (Fsp3) is 0.250. The summed E-state index contributed by atoms with van der Waals surface area (Å²) in [4.78, 5) is 0. The van der Waals surface area contributed by atoms with Gasteiger partial charge in [-0.05, 0) is 45.5 Å². The molecular formula is C32H26O5. The van der Waals surface area contributed by atoms with Crippen LogP contribution in [0.25, 0.3) is 22.3 Å². The Balaban J connectivity index is 1.20. The van der Waals surface area contributed by atoms with Gasteiger partial charge >= 0.3 is 0 Å². The molecule has 0 amide bonds. The molecule has 0 radical (unpaired) electrons. The summed E-state index contributed by atoms with van der Waals surface area (Å²) in [5.74, 6) is 1.64. The van der Waals surface area contributed by atoms with Crippen molar-refractivity contribution in [3.05, 3.63) is 107 Å². The molecule has 4 aromatic rings. The summed E-state index contributed by atoms with van der Waals surface area (Å²) in [5.41, 5.74) is 9.03. The van der Waals surface area contributed by atoms with E-state index in [1.54, 1.807) is 0 Å². The largest absolute Gasteiger partial charge is 0.456 e. The molecule has 4 unspecified atom stereocenters. The number of rotatable bonds is 8. The predicted molar refractivity (Wildman–Crippen MR) is 139 cm³/mol. The van der Waals surface area contributed by atoms with Gasteiger partial charge in [0, 0.05) is 11.1 Å². The molecule has 4 heterocycles. The third-order valence-corrected chi connectivity index (χ3v) is 7.50. The van der Waals surface area contributed by atoms with Gasteiger partial charge in [0.1, 0.15) is 35.9 Å². The Bertz CT molecular complexity index is 1350. The molecule has 0 saturated carbocycles. The molecule has 0 bridgehead atoms. The molecule has 0 spiro atoms. The van der Waals surface area contributed by atoms with Crippen LogP contribution in [0.1, 0.15) is 46.7 Å². The molecule has 5 heteroatoms. The van der Waals surface area contributed by atoms with Crippen molar-refractivity contribution in [3.63, 3.8) is 0 Å². The van der Waals surface area contributed by atoms with E-state index in [1.165, 1.54) is 11.1 Å². The van der Waals surface area contributed by atoms with Crippen molar-refractivity contribution >= 4 is 0 Å². The van der Waals surface area contributed by atoms with Crippen LogP contribution in [0.5, 0.6) is 11.5 Å². The molecule has 0 aliphatic carbocycles. The van der Waals surface area contributed by atoms with Crippen LogP contribution in [0.3, 0.4) is 0 Å². The molecular weight excluding hydrogens is 464 g/mol. The van der Waals surface area contributed by atoms with Gasteiger partial charge in [0.25, 0.3) is 0 Å². The summed E-state index contributed by atoms with van der Waals surface area (Å²) in [7, 11) is 0. The van der Waals surface area contributed by atoms with Gasteiger partial charge in [-0.25, -0.2) is 0 Å². The van der Waals surface area contributed by atoms with Crippen molar-refractivity contribution in [2.24, 2.45) is 0 Å². The Kier molecular flexibility index (Phi) is 4.98. The molecule has 4 aliphatic heterocycles. The molecule has 4 aliphatic rings. The maximum absolute atomic E-state index is 6.81. The summed E-state index contributed by atoms with van der Waals surface area (Å²) in [6.45, 7) is 3.13. The monoisotopic (exact) mass is 490 g/mol. The number of hydrogen-bond acceptors (Lipinski definition) is 5. The lowest BCUT2D eigenvalue weighted by atomic mass is 9.98. The van der Waals surface area contributed by atoms with Crippen molar-refractivity contribution in [2.75, 3.05) is 26.4 Å². The van der Waals surface area contributed by atoms with Crippen molar-refractivity contribution in [2.45, 2.75) is 24.4 Å². The van der Waals surface area contributed by atoms with Gasteiger partial charge in [-0.15, -0.1) is 0 Å². The predicted octanol–water partition coefficient (Wildman–Crippen LogP) is 7.10. The Morgan fingerprint density at radius 3 is 1.11 bits per heavy atom. The quantitative estimate of drug-likeness (QED) is 0.247. The third-order valence-electron chi connectivity index (χ3n) is 7.50. The Hall–Kier alpha value is -3.48. The number of benzene rings is 4. The van der Waals surface area contributed by atoms with Gasteiger partial charge in [-0.3, -0.25) is 0 Å². The second kappa shape index (κ2) is 8.54. The third kappa shape index (κ3) is 4.45. The lowest BCUT2D eigenvalue weighted by Gasteiger charge is -2.17. The summed E-state index contributed by atoms with van der Waals surface area (Å²) >= 11 is 0. The van der Waals surface area contributed by atoms with Crippen LogP contribution in [0.4, 0.5) is 0 Å². The molecule has 4 fully saturated rings. The average molecular weight is 491 g/mol. The summed E-state index contributed by atoms with van der Waals surface area (Å²) < 4.78 is 28.9. The van der Waals surface area contributed by atoms with E-state index in [1.807, 2.05) is 0 Å².